The first-order chi connectivity index (χ1) is 18.0. The number of nitrogens with one attached hydrogen (secondary N) is 2. The molecular weight excluding hydrogens is 466 g/mol. The summed E-state index contributed by atoms with van der Waals surface area (Å²) in [6, 6.07) is 25.9. The number of rotatable bonds is 7. The highest BCUT2D eigenvalue weighted by atomic mass is 16.5. The van der Waals surface area contributed by atoms with Gasteiger partial charge in [0.05, 0.1) is 16.9 Å². The van der Waals surface area contributed by atoms with E-state index in [1.54, 1.807) is 29.2 Å². The molecule has 186 valence electrons. The lowest BCUT2D eigenvalue weighted by molar-refractivity contribution is -0.118. The monoisotopic (exact) mass is 493 g/mol. The van der Waals surface area contributed by atoms with E-state index in [4.69, 9.17) is 4.74 Å². The van der Waals surface area contributed by atoms with E-state index in [1.807, 2.05) is 67.6 Å². The molecule has 1 aliphatic heterocycles. The van der Waals surface area contributed by atoms with E-state index in [9.17, 15) is 14.4 Å². The third-order valence-corrected chi connectivity index (χ3v) is 6.39. The largest absolute Gasteiger partial charge is 0.483 e. The second-order valence-electron chi connectivity index (χ2n) is 8.97. The number of hydrogen-bond acceptors (Lipinski definition) is 4. The summed E-state index contributed by atoms with van der Waals surface area (Å²) in [5, 5.41) is 7.58. The molecule has 5 rings (SSSR count). The van der Waals surface area contributed by atoms with Gasteiger partial charge in [-0.25, -0.2) is 0 Å². The van der Waals surface area contributed by atoms with Gasteiger partial charge in [-0.2, -0.15) is 0 Å². The smallest absolute Gasteiger partial charge is 0.262 e. The molecule has 1 aliphatic rings. The van der Waals surface area contributed by atoms with Gasteiger partial charge in [-0.1, -0.05) is 54.6 Å². The summed E-state index contributed by atoms with van der Waals surface area (Å²) in [7, 11) is 0. The highest BCUT2D eigenvalue weighted by molar-refractivity contribution is 6.09. The fourth-order valence-electron chi connectivity index (χ4n) is 4.47. The van der Waals surface area contributed by atoms with Gasteiger partial charge in [0, 0.05) is 18.7 Å². The quantitative estimate of drug-likeness (QED) is 0.354. The number of carbonyl (C=O) groups is 3. The molecule has 2 N–H and O–H groups in total. The van der Waals surface area contributed by atoms with Crippen molar-refractivity contribution in [3.8, 4) is 5.75 Å². The van der Waals surface area contributed by atoms with Crippen LogP contribution in [0, 0.1) is 6.92 Å². The summed E-state index contributed by atoms with van der Waals surface area (Å²) in [4.78, 5) is 40.1. The number of benzene rings is 4. The van der Waals surface area contributed by atoms with Crippen LogP contribution in [-0.4, -0.2) is 30.9 Å². The van der Waals surface area contributed by atoms with E-state index >= 15 is 0 Å². The molecule has 4 aromatic rings. The maximum atomic E-state index is 13.3. The Bertz CT molecular complexity index is 1500. The lowest BCUT2D eigenvalue weighted by atomic mass is 10.0. The molecule has 0 radical (unpaired) electrons. The number of anilines is 3. The van der Waals surface area contributed by atoms with Crippen molar-refractivity contribution in [2.75, 3.05) is 28.7 Å². The second kappa shape index (κ2) is 10.5. The normalized spacial score (nSPS) is 13.0. The van der Waals surface area contributed by atoms with Gasteiger partial charge in [-0.15, -0.1) is 0 Å². The molecule has 7 heteroatoms. The molecule has 0 bridgehead atoms. The van der Waals surface area contributed by atoms with Gasteiger partial charge in [0.2, 0.25) is 5.91 Å². The minimum atomic E-state index is -0.391. The van der Waals surface area contributed by atoms with E-state index < -0.39 is 5.91 Å². The van der Waals surface area contributed by atoms with Gasteiger partial charge in [0.15, 0.2) is 6.61 Å². The fourth-order valence-corrected chi connectivity index (χ4v) is 4.47. The minimum absolute atomic E-state index is 0.0402. The predicted molar refractivity (Wildman–Crippen MR) is 145 cm³/mol. The van der Waals surface area contributed by atoms with Gasteiger partial charge in [-0.3, -0.25) is 14.4 Å². The number of hydrogen-bond donors (Lipinski definition) is 2. The molecule has 1 heterocycles. The van der Waals surface area contributed by atoms with Crippen LogP contribution in [-0.2, 0) is 9.59 Å². The number of nitrogens with zero attached hydrogens (tertiary/aromatic N) is 1. The Morgan fingerprint density at radius 1 is 0.865 bits per heavy atom. The summed E-state index contributed by atoms with van der Waals surface area (Å²) in [6.07, 6.45) is 1.29. The van der Waals surface area contributed by atoms with Crippen LogP contribution in [0.1, 0.15) is 28.8 Å². The molecular formula is C30H27N3O4. The van der Waals surface area contributed by atoms with E-state index in [0.717, 1.165) is 22.8 Å². The second-order valence-corrected chi connectivity index (χ2v) is 8.97. The molecule has 0 atom stereocenters. The highest BCUT2D eigenvalue weighted by Gasteiger charge is 2.24. The number of carbonyl (C=O) groups excluding carboxylic acids is 3. The molecule has 0 spiro atoms. The summed E-state index contributed by atoms with van der Waals surface area (Å²) in [5.74, 6) is -0.368. The third-order valence-electron chi connectivity index (χ3n) is 6.39. The Morgan fingerprint density at radius 3 is 2.27 bits per heavy atom. The molecule has 7 nitrogen and oxygen atoms in total. The van der Waals surface area contributed by atoms with E-state index in [0.29, 0.717) is 41.3 Å². The van der Waals surface area contributed by atoms with Crippen molar-refractivity contribution < 1.29 is 19.1 Å². The summed E-state index contributed by atoms with van der Waals surface area (Å²) in [5.41, 5.74) is 3.19. The lowest BCUT2D eigenvalue weighted by Crippen LogP contribution is -2.27. The van der Waals surface area contributed by atoms with Gasteiger partial charge in [-0.05, 0) is 60.0 Å². The summed E-state index contributed by atoms with van der Waals surface area (Å²) >= 11 is 0. The Hall–Kier alpha value is -4.65. The van der Waals surface area contributed by atoms with Crippen molar-refractivity contribution in [3.63, 3.8) is 0 Å². The SMILES string of the molecule is Cc1ccccc1NC(=O)c1cc2ccccc2cc1OCC(=O)Nc1ccccc1N1CCCC1=O. The van der Waals surface area contributed by atoms with Crippen molar-refractivity contribution in [1.82, 2.24) is 0 Å². The molecule has 1 saturated heterocycles. The number of ether oxygens (including phenoxy) is 1. The number of aryl methyl sites for hydroxylation is 1. The van der Waals surface area contributed by atoms with Crippen LogP contribution >= 0.6 is 0 Å². The molecule has 0 unspecified atom stereocenters. The van der Waals surface area contributed by atoms with E-state index in [1.165, 1.54) is 0 Å². The Kier molecular flexibility index (Phi) is 6.85. The first-order valence-corrected chi connectivity index (χ1v) is 12.2. The van der Waals surface area contributed by atoms with Crippen LogP contribution in [0.2, 0.25) is 0 Å². The van der Waals surface area contributed by atoms with E-state index in [2.05, 4.69) is 10.6 Å². The first kappa shape index (κ1) is 24.1. The standard InChI is InChI=1S/C30H27N3O4/c1-20-9-2-5-12-24(20)32-30(36)23-17-21-10-3-4-11-22(21)18-27(23)37-19-28(34)31-25-13-6-7-14-26(25)33-16-8-15-29(33)35/h2-7,9-14,17-18H,8,15-16,19H2,1H3,(H,31,34)(H,32,36). The van der Waals surface area contributed by atoms with Crippen molar-refractivity contribution in [3.05, 3.63) is 96.1 Å². The predicted octanol–water partition coefficient (Wildman–Crippen LogP) is 5.54. The molecule has 37 heavy (non-hydrogen) atoms. The zero-order valence-corrected chi connectivity index (χ0v) is 20.5. The molecule has 4 aromatic carbocycles. The fraction of sp³-hybridized carbons (Fsp3) is 0.167. The third kappa shape index (κ3) is 5.30. The van der Waals surface area contributed by atoms with Crippen LogP contribution in [0.4, 0.5) is 17.1 Å². The Morgan fingerprint density at radius 2 is 1.54 bits per heavy atom. The van der Waals surface area contributed by atoms with Crippen LogP contribution < -0.4 is 20.3 Å². The number of para-hydroxylation sites is 3. The zero-order valence-electron chi connectivity index (χ0n) is 20.5. The lowest BCUT2D eigenvalue weighted by Gasteiger charge is -2.20. The van der Waals surface area contributed by atoms with Crippen LogP contribution in [0.3, 0.4) is 0 Å². The molecule has 3 amide bonds. The Labute approximate surface area is 215 Å². The highest BCUT2D eigenvalue weighted by Crippen LogP contribution is 2.30. The first-order valence-electron chi connectivity index (χ1n) is 12.2. The molecule has 0 aromatic heterocycles. The van der Waals surface area contributed by atoms with Gasteiger partial charge >= 0.3 is 0 Å². The Balaban J connectivity index is 1.36. The summed E-state index contributed by atoms with van der Waals surface area (Å²) < 4.78 is 5.90. The minimum Gasteiger partial charge on any atom is -0.483 e. The number of fused-ring (bicyclic) bond motifs is 1. The van der Waals surface area contributed by atoms with Crippen molar-refractivity contribution in [2.45, 2.75) is 19.8 Å². The average Bonchev–Trinajstić information content (AvgIpc) is 3.34. The van der Waals surface area contributed by atoms with E-state index in [-0.39, 0.29) is 18.4 Å². The number of amides is 3. The van der Waals surface area contributed by atoms with Crippen LogP contribution in [0.15, 0.2) is 84.9 Å². The zero-order chi connectivity index (χ0) is 25.8. The maximum Gasteiger partial charge on any atom is 0.262 e. The van der Waals surface area contributed by atoms with Crippen molar-refractivity contribution in [1.29, 1.82) is 0 Å². The topological polar surface area (TPSA) is 87.7 Å². The van der Waals surface area contributed by atoms with Crippen molar-refractivity contribution in [2.24, 2.45) is 0 Å². The van der Waals surface area contributed by atoms with Gasteiger partial charge < -0.3 is 20.3 Å². The van der Waals surface area contributed by atoms with Gasteiger partial charge in [0.25, 0.3) is 11.8 Å². The molecule has 1 fully saturated rings. The van der Waals surface area contributed by atoms with Crippen molar-refractivity contribution >= 4 is 45.6 Å². The molecule has 0 aliphatic carbocycles. The summed E-state index contributed by atoms with van der Waals surface area (Å²) in [6.45, 7) is 2.25. The van der Waals surface area contributed by atoms with Gasteiger partial charge in [0.1, 0.15) is 5.75 Å². The molecule has 0 saturated carbocycles. The average molecular weight is 494 g/mol. The maximum absolute atomic E-state index is 13.3. The van der Waals surface area contributed by atoms with Crippen LogP contribution in [0.25, 0.3) is 10.8 Å². The van der Waals surface area contributed by atoms with Crippen LogP contribution in [0.5, 0.6) is 5.75 Å².